The molecule has 0 aliphatic carbocycles. The van der Waals surface area contributed by atoms with Crippen LogP contribution >= 0.6 is 0 Å². The first kappa shape index (κ1) is 44.8. The van der Waals surface area contributed by atoms with Crippen molar-refractivity contribution in [1.29, 1.82) is 0 Å². The zero-order chi connectivity index (χ0) is 35.5. The summed E-state index contributed by atoms with van der Waals surface area (Å²) in [6, 6.07) is -1.39. The maximum atomic E-state index is 12.4. The summed E-state index contributed by atoms with van der Waals surface area (Å²) in [6.07, 6.45) is 38.0. The highest BCUT2D eigenvalue weighted by molar-refractivity contribution is 5.87. The summed E-state index contributed by atoms with van der Waals surface area (Å²) in [5, 5.41) is 22.4. The van der Waals surface area contributed by atoms with Crippen molar-refractivity contribution in [2.45, 2.75) is 161 Å². The van der Waals surface area contributed by atoms with Crippen LogP contribution in [0.25, 0.3) is 0 Å². The van der Waals surface area contributed by atoms with Gasteiger partial charge in [-0.25, -0.2) is 4.79 Å². The van der Waals surface area contributed by atoms with E-state index in [0.29, 0.717) is 12.8 Å². The number of hydrogen-bond donors (Lipinski definition) is 4. The van der Waals surface area contributed by atoms with Gasteiger partial charge in [0.15, 0.2) is 0 Å². The first-order valence-corrected chi connectivity index (χ1v) is 18.5. The van der Waals surface area contributed by atoms with Gasteiger partial charge in [-0.1, -0.05) is 114 Å². The third kappa shape index (κ3) is 30.2. The molecule has 274 valence electrons. The van der Waals surface area contributed by atoms with Crippen LogP contribution in [0, 0.1) is 0 Å². The number of nitrogens with one attached hydrogen (secondary N) is 2. The molecule has 0 aliphatic rings. The number of rotatable bonds is 32. The lowest BCUT2D eigenvalue weighted by atomic mass is 10.0. The van der Waals surface area contributed by atoms with Crippen LogP contribution in [-0.2, 0) is 23.9 Å². The maximum Gasteiger partial charge on any atom is 0.328 e. The highest BCUT2D eigenvalue weighted by Crippen LogP contribution is 2.16. The Balaban J connectivity index is 3.77. The molecule has 9 nitrogen and oxygen atoms in total. The molecule has 0 saturated carbocycles. The Bertz CT molecular complexity index is 958. The largest absolute Gasteiger partial charge is 0.480 e. The fourth-order valence-electron chi connectivity index (χ4n) is 5.05. The second-order valence-electron chi connectivity index (χ2n) is 12.3. The third-order valence-electron chi connectivity index (χ3n) is 7.82. The first-order chi connectivity index (χ1) is 23.3. The fourth-order valence-corrected chi connectivity index (χ4v) is 5.05. The molecule has 0 aliphatic heterocycles. The van der Waals surface area contributed by atoms with Crippen molar-refractivity contribution >= 4 is 23.8 Å². The van der Waals surface area contributed by atoms with Crippen LogP contribution in [0.4, 0.5) is 0 Å². The molecular formula is C39H66N2O7. The minimum Gasteiger partial charge on any atom is -0.480 e. The van der Waals surface area contributed by atoms with Crippen molar-refractivity contribution in [1.82, 2.24) is 10.6 Å². The third-order valence-corrected chi connectivity index (χ3v) is 7.82. The molecule has 9 heteroatoms. The van der Waals surface area contributed by atoms with Crippen molar-refractivity contribution in [3.8, 4) is 0 Å². The molecule has 2 atom stereocenters. The van der Waals surface area contributed by atoms with Gasteiger partial charge in [-0.3, -0.25) is 14.4 Å². The SMILES string of the molecule is CC/C=C\C/C=C\C/C=C\C/C=C\CCCCCCCCCCC(=O)OC(CCC)CCCCCC(=O)NCC(=O)NC(CO)C(=O)O. The minimum absolute atomic E-state index is 0.0922. The van der Waals surface area contributed by atoms with Gasteiger partial charge in [0.25, 0.3) is 0 Å². The summed E-state index contributed by atoms with van der Waals surface area (Å²) in [5.41, 5.74) is 0. The molecule has 2 unspecified atom stereocenters. The molecule has 0 aromatic carbocycles. The van der Waals surface area contributed by atoms with Crippen LogP contribution in [0.2, 0.25) is 0 Å². The molecule has 0 aromatic rings. The van der Waals surface area contributed by atoms with Crippen LogP contribution in [-0.4, -0.2) is 59.3 Å². The molecule has 0 bridgehead atoms. The van der Waals surface area contributed by atoms with Crippen LogP contribution in [0.15, 0.2) is 48.6 Å². The van der Waals surface area contributed by atoms with E-state index in [9.17, 15) is 19.2 Å². The van der Waals surface area contributed by atoms with Gasteiger partial charge in [0.05, 0.1) is 13.2 Å². The normalized spacial score (nSPS) is 13.1. The lowest BCUT2D eigenvalue weighted by Crippen LogP contribution is -2.47. The quantitative estimate of drug-likeness (QED) is 0.0321. The number of carboxylic acids is 1. The standard InChI is InChI=1S/C39H66N2O7/c1-3-5-6-7-8-9-10-11-12-13-14-15-16-17-18-19-20-21-22-23-27-31-38(45)48-34(28-4-2)29-25-24-26-30-36(43)40-32-37(44)41-35(33-42)39(46)47/h5-6,8-9,11-12,14-15,34-35,42H,3-4,7,10,13,16-33H2,1-2H3,(H,40,43)(H,41,44)(H,46,47)/b6-5-,9-8-,12-11-,15-14-. The number of esters is 1. The van der Waals surface area contributed by atoms with Crippen LogP contribution < -0.4 is 10.6 Å². The Hall–Kier alpha value is -3.20. The minimum atomic E-state index is -1.39. The highest BCUT2D eigenvalue weighted by Gasteiger charge is 2.19. The Morgan fingerprint density at radius 2 is 1.19 bits per heavy atom. The van der Waals surface area contributed by atoms with Crippen molar-refractivity contribution < 1.29 is 34.1 Å². The van der Waals surface area contributed by atoms with Crippen molar-refractivity contribution in [3.63, 3.8) is 0 Å². The Morgan fingerprint density at radius 3 is 1.77 bits per heavy atom. The second kappa shape index (κ2) is 33.7. The van der Waals surface area contributed by atoms with Crippen LogP contribution in [0.5, 0.6) is 0 Å². The molecule has 0 spiro atoms. The molecule has 0 radical (unpaired) electrons. The molecule has 48 heavy (non-hydrogen) atoms. The molecule has 4 N–H and O–H groups in total. The van der Waals surface area contributed by atoms with Gasteiger partial charge in [-0.15, -0.1) is 0 Å². The molecular weight excluding hydrogens is 608 g/mol. The van der Waals surface area contributed by atoms with Crippen molar-refractivity contribution in [2.75, 3.05) is 13.2 Å². The predicted octanol–water partition coefficient (Wildman–Crippen LogP) is 8.03. The van der Waals surface area contributed by atoms with E-state index in [1.807, 2.05) is 0 Å². The number of allylic oxidation sites excluding steroid dienone is 8. The van der Waals surface area contributed by atoms with E-state index in [-0.39, 0.29) is 30.9 Å². The fraction of sp³-hybridized carbons (Fsp3) is 0.692. The molecule has 0 aromatic heterocycles. The zero-order valence-electron chi connectivity index (χ0n) is 30.0. The van der Waals surface area contributed by atoms with Crippen molar-refractivity contribution in [2.24, 2.45) is 0 Å². The van der Waals surface area contributed by atoms with Gasteiger partial charge in [0.1, 0.15) is 12.1 Å². The number of carbonyl (C=O) groups is 4. The molecule has 0 rings (SSSR count). The topological polar surface area (TPSA) is 142 Å². The zero-order valence-corrected chi connectivity index (χ0v) is 30.0. The number of aliphatic carboxylic acids is 1. The molecule has 0 saturated heterocycles. The number of ether oxygens (including phenoxy) is 1. The van der Waals surface area contributed by atoms with Crippen LogP contribution in [0.1, 0.15) is 149 Å². The van der Waals surface area contributed by atoms with Gasteiger partial charge in [-0.2, -0.15) is 0 Å². The van der Waals surface area contributed by atoms with Gasteiger partial charge in [-0.05, 0) is 70.6 Å². The predicted molar refractivity (Wildman–Crippen MR) is 194 cm³/mol. The van der Waals surface area contributed by atoms with Gasteiger partial charge in [0.2, 0.25) is 11.8 Å². The molecule has 0 fully saturated rings. The number of carbonyl (C=O) groups excluding carboxylic acids is 3. The smallest absolute Gasteiger partial charge is 0.328 e. The van der Waals surface area contributed by atoms with Gasteiger partial charge >= 0.3 is 11.9 Å². The number of unbranched alkanes of at least 4 members (excludes halogenated alkanes) is 10. The Kier molecular flexibility index (Phi) is 31.4. The molecule has 0 heterocycles. The number of amides is 2. The van der Waals surface area contributed by atoms with Gasteiger partial charge < -0.3 is 25.6 Å². The summed E-state index contributed by atoms with van der Waals surface area (Å²) in [7, 11) is 0. The lowest BCUT2D eigenvalue weighted by Gasteiger charge is -2.17. The van der Waals surface area contributed by atoms with E-state index in [2.05, 4.69) is 73.1 Å². The summed E-state index contributed by atoms with van der Waals surface area (Å²) in [4.78, 5) is 46.9. The number of hydrogen-bond acceptors (Lipinski definition) is 6. The van der Waals surface area contributed by atoms with Crippen molar-refractivity contribution in [3.05, 3.63) is 48.6 Å². The summed E-state index contributed by atoms with van der Waals surface area (Å²) >= 11 is 0. The summed E-state index contributed by atoms with van der Waals surface area (Å²) in [6.45, 7) is 3.16. The van der Waals surface area contributed by atoms with Gasteiger partial charge in [0, 0.05) is 12.8 Å². The van der Waals surface area contributed by atoms with Crippen LogP contribution in [0.3, 0.4) is 0 Å². The number of carboxylic acid groups (broad SMARTS) is 1. The van der Waals surface area contributed by atoms with E-state index in [4.69, 9.17) is 14.9 Å². The Morgan fingerprint density at radius 1 is 0.646 bits per heavy atom. The number of aliphatic hydroxyl groups excluding tert-OH is 1. The monoisotopic (exact) mass is 674 g/mol. The summed E-state index contributed by atoms with van der Waals surface area (Å²) < 4.78 is 5.75. The highest BCUT2D eigenvalue weighted by atomic mass is 16.5. The first-order valence-electron chi connectivity index (χ1n) is 18.5. The average Bonchev–Trinajstić information content (AvgIpc) is 3.06. The second-order valence-corrected chi connectivity index (χ2v) is 12.3. The van der Waals surface area contributed by atoms with E-state index in [1.54, 1.807) is 0 Å². The Labute approximate surface area is 290 Å². The maximum absolute atomic E-state index is 12.4. The average molecular weight is 675 g/mol. The summed E-state index contributed by atoms with van der Waals surface area (Å²) in [5.74, 6) is -2.43. The molecule has 2 amide bonds. The van der Waals surface area contributed by atoms with E-state index < -0.39 is 24.5 Å². The van der Waals surface area contributed by atoms with E-state index in [0.717, 1.165) is 83.5 Å². The number of aliphatic hydroxyl groups is 1. The van der Waals surface area contributed by atoms with E-state index in [1.165, 1.54) is 32.1 Å². The van der Waals surface area contributed by atoms with E-state index >= 15 is 0 Å². The lowest BCUT2D eigenvalue weighted by molar-refractivity contribution is -0.150.